The highest BCUT2D eigenvalue weighted by molar-refractivity contribution is 7.15. The summed E-state index contributed by atoms with van der Waals surface area (Å²) in [6.07, 6.45) is 1.15. The van der Waals surface area contributed by atoms with E-state index in [1.165, 1.54) is 10.6 Å². The van der Waals surface area contributed by atoms with Gasteiger partial charge >= 0.3 is 0 Å². The first-order chi connectivity index (χ1) is 8.99. The molecule has 1 aromatic heterocycles. The molecular weight excluding hydrogens is 254 g/mol. The largest absolute Gasteiger partial charge is 0.351 e. The van der Waals surface area contributed by atoms with E-state index in [0.717, 1.165) is 31.2 Å². The first kappa shape index (κ1) is 16.4. The Balaban J connectivity index is 2.91. The number of rotatable bonds is 8. The maximum atomic E-state index is 4.89. The van der Waals surface area contributed by atoms with Crippen molar-refractivity contribution in [2.24, 2.45) is 5.92 Å². The lowest BCUT2D eigenvalue weighted by molar-refractivity contribution is 0.634. The normalized spacial score (nSPS) is 13.0. The van der Waals surface area contributed by atoms with E-state index in [0.29, 0.717) is 11.8 Å². The standard InChI is InChI=1S/C15H29N3S/c1-7-12(5)14-13(9-16-8-2)19-15(17-14)18(6)10-11(3)4/h11-12,16H,7-10H2,1-6H3. The van der Waals surface area contributed by atoms with Gasteiger partial charge in [0.1, 0.15) is 0 Å². The highest BCUT2D eigenvalue weighted by atomic mass is 32.1. The molecule has 1 aromatic rings. The van der Waals surface area contributed by atoms with Crippen LogP contribution >= 0.6 is 11.3 Å². The summed E-state index contributed by atoms with van der Waals surface area (Å²) in [4.78, 5) is 8.58. The molecule has 19 heavy (non-hydrogen) atoms. The summed E-state index contributed by atoms with van der Waals surface area (Å²) in [5.41, 5.74) is 1.29. The number of aromatic nitrogens is 1. The van der Waals surface area contributed by atoms with Gasteiger partial charge in [-0.15, -0.1) is 11.3 Å². The zero-order chi connectivity index (χ0) is 14.4. The highest BCUT2D eigenvalue weighted by Crippen LogP contribution is 2.32. The molecule has 1 rings (SSSR count). The van der Waals surface area contributed by atoms with Gasteiger partial charge in [0, 0.05) is 25.0 Å². The van der Waals surface area contributed by atoms with Crippen LogP contribution in [0.2, 0.25) is 0 Å². The third-order valence-corrected chi connectivity index (χ3v) is 4.48. The summed E-state index contributed by atoms with van der Waals surface area (Å²) in [6.45, 7) is 14.2. The molecule has 0 aliphatic rings. The minimum Gasteiger partial charge on any atom is -0.351 e. The molecule has 1 N–H and O–H groups in total. The number of nitrogens with one attached hydrogen (secondary N) is 1. The Hall–Kier alpha value is -0.610. The van der Waals surface area contributed by atoms with E-state index in [1.807, 2.05) is 11.3 Å². The molecule has 0 aliphatic carbocycles. The van der Waals surface area contributed by atoms with E-state index in [-0.39, 0.29) is 0 Å². The van der Waals surface area contributed by atoms with Gasteiger partial charge in [-0.3, -0.25) is 0 Å². The van der Waals surface area contributed by atoms with E-state index in [9.17, 15) is 0 Å². The quantitative estimate of drug-likeness (QED) is 0.785. The second-order valence-corrected chi connectivity index (χ2v) is 6.73. The van der Waals surface area contributed by atoms with Crippen LogP contribution in [0.3, 0.4) is 0 Å². The average Bonchev–Trinajstić information content (AvgIpc) is 2.78. The van der Waals surface area contributed by atoms with Gasteiger partial charge in [0.15, 0.2) is 5.13 Å². The molecule has 0 saturated carbocycles. The van der Waals surface area contributed by atoms with Crippen LogP contribution in [0.5, 0.6) is 0 Å². The zero-order valence-electron chi connectivity index (χ0n) is 13.3. The second-order valence-electron chi connectivity index (χ2n) is 5.67. The molecule has 1 unspecified atom stereocenters. The maximum Gasteiger partial charge on any atom is 0.185 e. The van der Waals surface area contributed by atoms with E-state index in [1.54, 1.807) is 0 Å². The smallest absolute Gasteiger partial charge is 0.185 e. The lowest BCUT2D eigenvalue weighted by Gasteiger charge is -2.17. The summed E-state index contributed by atoms with van der Waals surface area (Å²) >= 11 is 1.85. The van der Waals surface area contributed by atoms with Gasteiger partial charge in [-0.25, -0.2) is 4.98 Å². The topological polar surface area (TPSA) is 28.2 Å². The van der Waals surface area contributed by atoms with Gasteiger partial charge in [0.2, 0.25) is 0 Å². The Bertz CT molecular complexity index is 373. The van der Waals surface area contributed by atoms with Crippen LogP contribution in [-0.4, -0.2) is 25.1 Å². The number of anilines is 1. The predicted molar refractivity (Wildman–Crippen MR) is 86.3 cm³/mol. The summed E-state index contributed by atoms with van der Waals surface area (Å²) in [5, 5.41) is 4.59. The lowest BCUT2D eigenvalue weighted by Crippen LogP contribution is -2.22. The molecule has 0 radical (unpaired) electrons. The van der Waals surface area contributed by atoms with Crippen LogP contribution in [0.1, 0.15) is 57.5 Å². The Morgan fingerprint density at radius 1 is 1.26 bits per heavy atom. The summed E-state index contributed by atoms with van der Waals surface area (Å²) in [6, 6.07) is 0. The molecule has 0 spiro atoms. The molecule has 0 fully saturated rings. The zero-order valence-corrected chi connectivity index (χ0v) is 14.1. The van der Waals surface area contributed by atoms with Crippen molar-refractivity contribution in [1.82, 2.24) is 10.3 Å². The summed E-state index contributed by atoms with van der Waals surface area (Å²) in [7, 11) is 2.15. The van der Waals surface area contributed by atoms with Gasteiger partial charge in [0.05, 0.1) is 5.69 Å². The minimum absolute atomic E-state index is 0.547. The number of nitrogens with zero attached hydrogens (tertiary/aromatic N) is 2. The molecular formula is C15H29N3S. The van der Waals surface area contributed by atoms with Crippen molar-refractivity contribution in [1.29, 1.82) is 0 Å². The van der Waals surface area contributed by atoms with Crippen molar-refractivity contribution in [3.8, 4) is 0 Å². The van der Waals surface area contributed by atoms with Gasteiger partial charge in [-0.2, -0.15) is 0 Å². The number of thiazole rings is 1. The molecule has 1 heterocycles. The maximum absolute atomic E-state index is 4.89. The van der Waals surface area contributed by atoms with Crippen molar-refractivity contribution >= 4 is 16.5 Å². The third kappa shape index (κ3) is 4.77. The molecule has 1 atom stereocenters. The highest BCUT2D eigenvalue weighted by Gasteiger charge is 2.18. The SMILES string of the molecule is CCNCc1sc(N(C)CC(C)C)nc1C(C)CC. The minimum atomic E-state index is 0.547. The van der Waals surface area contributed by atoms with Crippen molar-refractivity contribution in [3.05, 3.63) is 10.6 Å². The van der Waals surface area contributed by atoms with E-state index < -0.39 is 0 Å². The monoisotopic (exact) mass is 283 g/mol. The molecule has 110 valence electrons. The third-order valence-electron chi connectivity index (χ3n) is 3.30. The first-order valence-electron chi connectivity index (χ1n) is 7.40. The summed E-state index contributed by atoms with van der Waals surface area (Å²) in [5.74, 6) is 1.21. The van der Waals surface area contributed by atoms with E-state index in [2.05, 4.69) is 51.9 Å². The van der Waals surface area contributed by atoms with Crippen molar-refractivity contribution < 1.29 is 0 Å². The van der Waals surface area contributed by atoms with Gasteiger partial charge < -0.3 is 10.2 Å². The van der Waals surface area contributed by atoms with Gasteiger partial charge in [-0.05, 0) is 24.8 Å². The molecule has 0 amide bonds. The number of hydrogen-bond donors (Lipinski definition) is 1. The van der Waals surface area contributed by atoms with Crippen molar-refractivity contribution in [2.45, 2.75) is 53.5 Å². The second kappa shape index (κ2) is 7.85. The fourth-order valence-electron chi connectivity index (χ4n) is 2.08. The van der Waals surface area contributed by atoms with Crippen molar-refractivity contribution in [3.63, 3.8) is 0 Å². The molecule has 0 saturated heterocycles. The Morgan fingerprint density at radius 3 is 2.47 bits per heavy atom. The van der Waals surface area contributed by atoms with E-state index >= 15 is 0 Å². The first-order valence-corrected chi connectivity index (χ1v) is 8.22. The Morgan fingerprint density at radius 2 is 1.95 bits per heavy atom. The molecule has 0 bridgehead atoms. The molecule has 4 heteroatoms. The van der Waals surface area contributed by atoms with Gasteiger partial charge in [0.25, 0.3) is 0 Å². The van der Waals surface area contributed by atoms with Crippen molar-refractivity contribution in [2.75, 3.05) is 25.0 Å². The van der Waals surface area contributed by atoms with E-state index in [4.69, 9.17) is 4.98 Å². The van der Waals surface area contributed by atoms with Gasteiger partial charge in [-0.1, -0.05) is 34.6 Å². The average molecular weight is 283 g/mol. The lowest BCUT2D eigenvalue weighted by atomic mass is 10.0. The van der Waals surface area contributed by atoms with Crippen LogP contribution in [0.15, 0.2) is 0 Å². The fraction of sp³-hybridized carbons (Fsp3) is 0.800. The fourth-order valence-corrected chi connectivity index (χ4v) is 3.20. The molecule has 0 aliphatic heterocycles. The Labute approximate surface area is 122 Å². The van der Waals surface area contributed by atoms with Crippen LogP contribution in [0.4, 0.5) is 5.13 Å². The molecule has 0 aromatic carbocycles. The Kier molecular flexibility index (Phi) is 6.80. The van der Waals surface area contributed by atoms with Crippen LogP contribution in [0, 0.1) is 5.92 Å². The predicted octanol–water partition coefficient (Wildman–Crippen LogP) is 3.86. The molecule has 3 nitrogen and oxygen atoms in total. The number of hydrogen-bond acceptors (Lipinski definition) is 4. The summed E-state index contributed by atoms with van der Waals surface area (Å²) < 4.78 is 0. The van der Waals surface area contributed by atoms with Crippen LogP contribution < -0.4 is 10.2 Å². The van der Waals surface area contributed by atoms with Crippen LogP contribution in [-0.2, 0) is 6.54 Å². The van der Waals surface area contributed by atoms with Crippen LogP contribution in [0.25, 0.3) is 0 Å².